The van der Waals surface area contributed by atoms with Crippen LogP contribution in [0.25, 0.3) is 11.1 Å². The minimum absolute atomic E-state index is 0.0350. The number of aryl methyl sites for hydroxylation is 2. The molecule has 5 rings (SSSR count). The van der Waals surface area contributed by atoms with Gasteiger partial charge in [0.15, 0.2) is 5.78 Å². The summed E-state index contributed by atoms with van der Waals surface area (Å²) in [7, 11) is 0. The highest BCUT2D eigenvalue weighted by molar-refractivity contribution is 5.98. The van der Waals surface area contributed by atoms with E-state index in [-0.39, 0.29) is 23.4 Å². The Balaban J connectivity index is 1.39. The Hall–Kier alpha value is -3.08. The van der Waals surface area contributed by atoms with E-state index in [0.717, 1.165) is 60.5 Å². The second kappa shape index (κ2) is 7.56. The lowest BCUT2D eigenvalue weighted by molar-refractivity contribution is -0.0249. The van der Waals surface area contributed by atoms with Gasteiger partial charge in [-0.3, -0.25) is 9.78 Å². The van der Waals surface area contributed by atoms with E-state index < -0.39 is 11.6 Å². The predicted octanol–water partition coefficient (Wildman–Crippen LogP) is 6.01. The summed E-state index contributed by atoms with van der Waals surface area (Å²) >= 11 is 0. The van der Waals surface area contributed by atoms with Crippen molar-refractivity contribution in [2.75, 3.05) is 0 Å². The number of ketones is 1. The van der Waals surface area contributed by atoms with E-state index in [1.165, 1.54) is 12.0 Å². The maximum absolute atomic E-state index is 13.8. The fourth-order valence-corrected chi connectivity index (χ4v) is 4.62. The van der Waals surface area contributed by atoms with Crippen molar-refractivity contribution < 1.29 is 18.3 Å². The van der Waals surface area contributed by atoms with Gasteiger partial charge in [0.05, 0.1) is 12.4 Å². The molecule has 3 aromatic rings. The van der Waals surface area contributed by atoms with Crippen molar-refractivity contribution in [3.8, 4) is 16.9 Å². The minimum atomic E-state index is -0.807. The fourth-order valence-electron chi connectivity index (χ4n) is 4.62. The first-order valence-corrected chi connectivity index (χ1v) is 10.7. The molecular weight excluding hydrogens is 396 g/mol. The van der Waals surface area contributed by atoms with Gasteiger partial charge in [0.25, 0.3) is 0 Å². The van der Waals surface area contributed by atoms with Gasteiger partial charge in [0, 0.05) is 17.5 Å². The molecule has 5 heteroatoms. The van der Waals surface area contributed by atoms with E-state index in [1.807, 2.05) is 12.1 Å². The third kappa shape index (κ3) is 3.62. The Labute approximate surface area is 180 Å². The molecule has 0 radical (unpaired) electrons. The van der Waals surface area contributed by atoms with Crippen LogP contribution in [0.4, 0.5) is 8.78 Å². The first kappa shape index (κ1) is 19.9. The zero-order valence-electron chi connectivity index (χ0n) is 17.4. The smallest absolute Gasteiger partial charge is 0.167 e. The number of hydrogen-bond acceptors (Lipinski definition) is 3. The van der Waals surface area contributed by atoms with Crippen LogP contribution in [0.15, 0.2) is 48.8 Å². The number of aromatic nitrogens is 1. The standard InChI is InChI=1S/C26H23F2NO2/c1-16-11-19-7-10-26(8-2-9-26)31-25(19)13-20(16)17-3-5-18(6-4-17)24(30)12-21-22(27)14-29-15-23(21)28/h3-6,11,13-15H,2,7-10,12H2,1H3. The van der Waals surface area contributed by atoms with Crippen molar-refractivity contribution in [2.24, 2.45) is 0 Å². The van der Waals surface area contributed by atoms with Crippen LogP contribution in [0.5, 0.6) is 5.75 Å². The summed E-state index contributed by atoms with van der Waals surface area (Å²) in [6.45, 7) is 2.08. The number of fused-ring (bicyclic) bond motifs is 1. The molecule has 158 valence electrons. The van der Waals surface area contributed by atoms with Crippen LogP contribution in [-0.2, 0) is 12.8 Å². The molecule has 0 amide bonds. The lowest BCUT2D eigenvalue weighted by atomic mass is 9.74. The number of Topliss-reactive ketones (excluding diaryl/α,β-unsaturated/α-hetero) is 1. The Morgan fingerprint density at radius 2 is 1.77 bits per heavy atom. The van der Waals surface area contributed by atoms with Crippen molar-refractivity contribution in [2.45, 2.75) is 51.0 Å². The molecule has 2 aromatic carbocycles. The summed E-state index contributed by atoms with van der Waals surface area (Å²) < 4.78 is 34.0. The molecule has 1 saturated carbocycles. The number of hydrogen-bond donors (Lipinski definition) is 0. The average molecular weight is 419 g/mol. The van der Waals surface area contributed by atoms with Crippen molar-refractivity contribution in [3.63, 3.8) is 0 Å². The van der Waals surface area contributed by atoms with E-state index >= 15 is 0 Å². The van der Waals surface area contributed by atoms with Crippen molar-refractivity contribution >= 4 is 5.78 Å². The molecular formula is C26H23F2NO2. The summed E-state index contributed by atoms with van der Waals surface area (Å²) in [6, 6.07) is 11.5. The molecule has 2 heterocycles. The normalized spacial score (nSPS) is 16.4. The number of carbonyl (C=O) groups is 1. The van der Waals surface area contributed by atoms with Crippen LogP contribution < -0.4 is 4.74 Å². The number of rotatable bonds is 4. The van der Waals surface area contributed by atoms with Crippen LogP contribution in [0.2, 0.25) is 0 Å². The first-order chi connectivity index (χ1) is 14.9. The number of ether oxygens (including phenoxy) is 1. The van der Waals surface area contributed by atoms with E-state index in [0.29, 0.717) is 5.56 Å². The van der Waals surface area contributed by atoms with Gasteiger partial charge in [0.2, 0.25) is 0 Å². The summed E-state index contributed by atoms with van der Waals surface area (Å²) in [5, 5.41) is 0. The van der Waals surface area contributed by atoms with Crippen molar-refractivity contribution in [1.82, 2.24) is 4.98 Å². The van der Waals surface area contributed by atoms with Crippen LogP contribution in [0, 0.1) is 18.6 Å². The molecule has 1 aliphatic carbocycles. The van der Waals surface area contributed by atoms with Gasteiger partial charge in [0.1, 0.15) is 23.0 Å². The molecule has 1 aromatic heterocycles. The van der Waals surface area contributed by atoms with Gasteiger partial charge in [-0.1, -0.05) is 30.3 Å². The highest BCUT2D eigenvalue weighted by Gasteiger charge is 2.41. The molecule has 1 fully saturated rings. The highest BCUT2D eigenvalue weighted by Crippen LogP contribution is 2.46. The largest absolute Gasteiger partial charge is 0.487 e. The maximum atomic E-state index is 13.8. The first-order valence-electron chi connectivity index (χ1n) is 10.7. The minimum Gasteiger partial charge on any atom is -0.487 e. The van der Waals surface area contributed by atoms with E-state index in [9.17, 15) is 13.6 Å². The van der Waals surface area contributed by atoms with Crippen molar-refractivity contribution in [3.05, 3.63) is 82.7 Å². The Bertz CT molecular complexity index is 1150. The Kier molecular flexibility index (Phi) is 4.84. The molecule has 31 heavy (non-hydrogen) atoms. The van der Waals surface area contributed by atoms with Gasteiger partial charge < -0.3 is 4.74 Å². The predicted molar refractivity (Wildman–Crippen MR) is 114 cm³/mol. The molecule has 0 bridgehead atoms. The molecule has 2 aliphatic rings. The molecule has 1 spiro atoms. The second-order valence-corrected chi connectivity index (χ2v) is 8.67. The number of nitrogens with zero attached hydrogens (tertiary/aromatic N) is 1. The molecule has 0 saturated heterocycles. The third-order valence-electron chi connectivity index (χ3n) is 6.66. The zero-order valence-corrected chi connectivity index (χ0v) is 17.4. The zero-order chi connectivity index (χ0) is 21.6. The van der Waals surface area contributed by atoms with Crippen LogP contribution in [0.3, 0.4) is 0 Å². The summed E-state index contributed by atoms with van der Waals surface area (Å²) in [4.78, 5) is 16.0. The lowest BCUT2D eigenvalue weighted by Crippen LogP contribution is -2.45. The number of benzene rings is 2. The summed E-state index contributed by atoms with van der Waals surface area (Å²) in [6.07, 6.45) is 7.13. The molecule has 1 aliphatic heterocycles. The van der Waals surface area contributed by atoms with Gasteiger partial charge in [-0.15, -0.1) is 0 Å². The fraction of sp³-hybridized carbons (Fsp3) is 0.308. The monoisotopic (exact) mass is 419 g/mol. The quantitative estimate of drug-likeness (QED) is 0.486. The van der Waals surface area contributed by atoms with E-state index in [4.69, 9.17) is 4.74 Å². The molecule has 0 unspecified atom stereocenters. The number of halogens is 2. The van der Waals surface area contributed by atoms with Gasteiger partial charge >= 0.3 is 0 Å². The maximum Gasteiger partial charge on any atom is 0.167 e. The molecule has 3 nitrogen and oxygen atoms in total. The Morgan fingerprint density at radius 3 is 2.42 bits per heavy atom. The van der Waals surface area contributed by atoms with Crippen LogP contribution in [0.1, 0.15) is 52.7 Å². The SMILES string of the molecule is Cc1cc2c(cc1-c1ccc(C(=O)Cc3c(F)cncc3F)cc1)OC1(CCC1)CC2. The summed E-state index contributed by atoms with van der Waals surface area (Å²) in [5.74, 6) is -0.985. The van der Waals surface area contributed by atoms with E-state index in [2.05, 4.69) is 24.0 Å². The summed E-state index contributed by atoms with van der Waals surface area (Å²) in [5.41, 5.74) is 4.67. The van der Waals surface area contributed by atoms with Gasteiger partial charge in [-0.25, -0.2) is 8.78 Å². The van der Waals surface area contributed by atoms with Gasteiger partial charge in [-0.05, 0) is 67.3 Å². The van der Waals surface area contributed by atoms with Gasteiger partial charge in [-0.2, -0.15) is 0 Å². The van der Waals surface area contributed by atoms with E-state index in [1.54, 1.807) is 12.1 Å². The molecule has 0 atom stereocenters. The average Bonchev–Trinajstić information content (AvgIpc) is 2.74. The lowest BCUT2D eigenvalue weighted by Gasteiger charge is -2.45. The third-order valence-corrected chi connectivity index (χ3v) is 6.66. The number of carbonyl (C=O) groups excluding carboxylic acids is 1. The van der Waals surface area contributed by atoms with Crippen molar-refractivity contribution in [1.29, 1.82) is 0 Å². The van der Waals surface area contributed by atoms with Crippen LogP contribution in [-0.4, -0.2) is 16.4 Å². The molecule has 0 N–H and O–H groups in total. The van der Waals surface area contributed by atoms with Crippen LogP contribution >= 0.6 is 0 Å². The second-order valence-electron chi connectivity index (χ2n) is 8.67. The Morgan fingerprint density at radius 1 is 1.06 bits per heavy atom. The topological polar surface area (TPSA) is 39.2 Å². The number of pyridine rings is 1. The highest BCUT2D eigenvalue weighted by atomic mass is 19.1.